The van der Waals surface area contributed by atoms with Gasteiger partial charge < -0.3 is 15.0 Å². The minimum Gasteiger partial charge on any atom is -0.465 e. The molecule has 1 heterocycles. The Morgan fingerprint density at radius 1 is 1.00 bits per heavy atom. The molecule has 6 nitrogen and oxygen atoms in total. The van der Waals surface area contributed by atoms with Gasteiger partial charge in [0.1, 0.15) is 5.69 Å². The van der Waals surface area contributed by atoms with Crippen LogP contribution in [0.5, 0.6) is 0 Å². The molecule has 0 aliphatic heterocycles. The second kappa shape index (κ2) is 9.56. The first-order chi connectivity index (χ1) is 12.6. The molecule has 1 amide bonds. The van der Waals surface area contributed by atoms with E-state index in [0.29, 0.717) is 11.3 Å². The monoisotopic (exact) mass is 355 g/mol. The Morgan fingerprint density at radius 3 is 2.12 bits per heavy atom. The van der Waals surface area contributed by atoms with Crippen molar-refractivity contribution in [3.63, 3.8) is 0 Å². The molecule has 0 unspecified atom stereocenters. The SMILES string of the molecule is CCCN(CCC)C(=O)c1ccc(Nc2ccc(C(=O)OC)cc2)cn1. The second-order valence-electron chi connectivity index (χ2n) is 5.92. The lowest BCUT2D eigenvalue weighted by molar-refractivity contribution is 0.0600. The number of carbonyl (C=O) groups excluding carboxylic acids is 2. The molecule has 2 rings (SSSR count). The van der Waals surface area contributed by atoms with Crippen molar-refractivity contribution in [2.24, 2.45) is 0 Å². The number of rotatable bonds is 8. The number of anilines is 2. The summed E-state index contributed by atoms with van der Waals surface area (Å²) in [7, 11) is 1.35. The first-order valence-corrected chi connectivity index (χ1v) is 8.79. The Hall–Kier alpha value is -2.89. The van der Waals surface area contributed by atoms with Crippen LogP contribution in [0.15, 0.2) is 42.6 Å². The van der Waals surface area contributed by atoms with Crippen LogP contribution in [-0.4, -0.2) is 42.0 Å². The summed E-state index contributed by atoms with van der Waals surface area (Å²) in [5, 5.41) is 3.19. The van der Waals surface area contributed by atoms with Crippen molar-refractivity contribution in [3.05, 3.63) is 53.9 Å². The van der Waals surface area contributed by atoms with E-state index in [1.165, 1.54) is 7.11 Å². The molecule has 0 radical (unpaired) electrons. The van der Waals surface area contributed by atoms with Crippen molar-refractivity contribution in [1.82, 2.24) is 9.88 Å². The molecule has 6 heteroatoms. The van der Waals surface area contributed by atoms with Gasteiger partial charge in [-0.2, -0.15) is 0 Å². The van der Waals surface area contributed by atoms with Crippen LogP contribution in [-0.2, 0) is 4.74 Å². The number of hydrogen-bond acceptors (Lipinski definition) is 5. The van der Waals surface area contributed by atoms with Crippen LogP contribution in [0.3, 0.4) is 0 Å². The number of nitrogens with zero attached hydrogens (tertiary/aromatic N) is 2. The molecule has 1 N–H and O–H groups in total. The first kappa shape index (κ1) is 19.4. The highest BCUT2D eigenvalue weighted by atomic mass is 16.5. The summed E-state index contributed by atoms with van der Waals surface area (Å²) in [6, 6.07) is 10.5. The van der Waals surface area contributed by atoms with E-state index >= 15 is 0 Å². The third kappa shape index (κ3) is 5.05. The van der Waals surface area contributed by atoms with Crippen LogP contribution in [0.2, 0.25) is 0 Å². The molecule has 0 aliphatic carbocycles. The second-order valence-corrected chi connectivity index (χ2v) is 5.92. The highest BCUT2D eigenvalue weighted by molar-refractivity contribution is 5.92. The first-order valence-electron chi connectivity index (χ1n) is 8.79. The van der Waals surface area contributed by atoms with E-state index in [2.05, 4.69) is 28.9 Å². The van der Waals surface area contributed by atoms with Gasteiger partial charge in [0.2, 0.25) is 0 Å². The number of nitrogens with one attached hydrogen (secondary N) is 1. The predicted octanol–water partition coefficient (Wildman–Crippen LogP) is 3.87. The van der Waals surface area contributed by atoms with E-state index in [-0.39, 0.29) is 11.9 Å². The average molecular weight is 355 g/mol. The fraction of sp³-hybridized carbons (Fsp3) is 0.350. The maximum atomic E-state index is 12.5. The van der Waals surface area contributed by atoms with Gasteiger partial charge in [0.25, 0.3) is 5.91 Å². The highest BCUT2D eigenvalue weighted by Crippen LogP contribution is 2.17. The van der Waals surface area contributed by atoms with Gasteiger partial charge in [0.15, 0.2) is 0 Å². The smallest absolute Gasteiger partial charge is 0.337 e. The molecule has 0 saturated heterocycles. The highest BCUT2D eigenvalue weighted by Gasteiger charge is 2.15. The molecular weight excluding hydrogens is 330 g/mol. The molecule has 2 aromatic rings. The number of hydrogen-bond donors (Lipinski definition) is 1. The molecule has 0 spiro atoms. The summed E-state index contributed by atoms with van der Waals surface area (Å²) in [5.74, 6) is -0.410. The Bertz CT molecular complexity index is 721. The van der Waals surface area contributed by atoms with Crippen molar-refractivity contribution < 1.29 is 14.3 Å². The molecule has 1 aromatic carbocycles. The number of methoxy groups -OCH3 is 1. The summed E-state index contributed by atoms with van der Waals surface area (Å²) in [4.78, 5) is 30.1. The van der Waals surface area contributed by atoms with E-state index < -0.39 is 0 Å². The lowest BCUT2D eigenvalue weighted by Gasteiger charge is -2.21. The minimum absolute atomic E-state index is 0.0392. The number of esters is 1. The van der Waals surface area contributed by atoms with Crippen molar-refractivity contribution in [2.45, 2.75) is 26.7 Å². The lowest BCUT2D eigenvalue weighted by atomic mass is 10.2. The number of ether oxygens (including phenoxy) is 1. The zero-order valence-electron chi connectivity index (χ0n) is 15.5. The van der Waals surface area contributed by atoms with Crippen LogP contribution < -0.4 is 5.32 Å². The molecule has 0 atom stereocenters. The predicted molar refractivity (Wildman–Crippen MR) is 102 cm³/mol. The van der Waals surface area contributed by atoms with Crippen molar-refractivity contribution in [1.29, 1.82) is 0 Å². The van der Waals surface area contributed by atoms with E-state index in [9.17, 15) is 9.59 Å². The van der Waals surface area contributed by atoms with E-state index in [1.54, 1.807) is 36.5 Å². The number of aromatic nitrogens is 1. The molecular formula is C20H25N3O3. The quantitative estimate of drug-likeness (QED) is 0.728. The molecule has 26 heavy (non-hydrogen) atoms. The Morgan fingerprint density at radius 2 is 1.62 bits per heavy atom. The van der Waals surface area contributed by atoms with Crippen LogP contribution in [0.25, 0.3) is 0 Å². The number of benzene rings is 1. The number of amides is 1. The van der Waals surface area contributed by atoms with E-state index in [0.717, 1.165) is 37.3 Å². The molecule has 1 aromatic heterocycles. The van der Waals surface area contributed by atoms with E-state index in [1.807, 2.05) is 11.0 Å². The summed E-state index contributed by atoms with van der Waals surface area (Å²) < 4.78 is 4.68. The fourth-order valence-corrected chi connectivity index (χ4v) is 2.59. The van der Waals surface area contributed by atoms with Crippen LogP contribution in [0.1, 0.15) is 47.5 Å². The largest absolute Gasteiger partial charge is 0.465 e. The third-order valence-corrected chi connectivity index (χ3v) is 3.85. The number of carbonyl (C=O) groups is 2. The average Bonchev–Trinajstić information content (AvgIpc) is 2.68. The minimum atomic E-state index is -0.371. The van der Waals surface area contributed by atoms with Crippen molar-refractivity contribution in [3.8, 4) is 0 Å². The maximum Gasteiger partial charge on any atom is 0.337 e. The Labute approximate surface area is 154 Å². The van der Waals surface area contributed by atoms with Gasteiger partial charge in [-0.1, -0.05) is 13.8 Å². The Balaban J connectivity index is 2.04. The molecule has 0 bridgehead atoms. The zero-order valence-corrected chi connectivity index (χ0v) is 15.5. The standard InChI is InChI=1S/C20H25N3O3/c1-4-12-23(13-5-2)19(24)18-11-10-17(14-21-18)22-16-8-6-15(7-9-16)20(25)26-3/h6-11,14,22H,4-5,12-13H2,1-3H3. The van der Waals surface area contributed by atoms with Crippen LogP contribution in [0.4, 0.5) is 11.4 Å². The van der Waals surface area contributed by atoms with Gasteiger partial charge in [0.05, 0.1) is 24.6 Å². The summed E-state index contributed by atoms with van der Waals surface area (Å²) in [6.07, 6.45) is 3.48. The maximum absolute atomic E-state index is 12.5. The fourth-order valence-electron chi connectivity index (χ4n) is 2.59. The Kier molecular flexibility index (Phi) is 7.14. The normalized spacial score (nSPS) is 10.3. The molecule has 0 aliphatic rings. The topological polar surface area (TPSA) is 71.5 Å². The third-order valence-electron chi connectivity index (χ3n) is 3.85. The molecule has 0 fully saturated rings. The summed E-state index contributed by atoms with van der Waals surface area (Å²) in [5.41, 5.74) is 2.52. The van der Waals surface area contributed by atoms with Crippen molar-refractivity contribution >= 4 is 23.3 Å². The van der Waals surface area contributed by atoms with Gasteiger partial charge in [0, 0.05) is 18.8 Å². The van der Waals surface area contributed by atoms with Gasteiger partial charge in [-0.3, -0.25) is 4.79 Å². The lowest BCUT2D eigenvalue weighted by Crippen LogP contribution is -2.33. The molecule has 138 valence electrons. The van der Waals surface area contributed by atoms with Crippen LogP contribution in [0, 0.1) is 0 Å². The van der Waals surface area contributed by atoms with Gasteiger partial charge in [-0.25, -0.2) is 9.78 Å². The van der Waals surface area contributed by atoms with Crippen LogP contribution >= 0.6 is 0 Å². The summed E-state index contributed by atoms with van der Waals surface area (Å²) in [6.45, 7) is 5.59. The summed E-state index contributed by atoms with van der Waals surface area (Å²) >= 11 is 0. The van der Waals surface area contributed by atoms with E-state index in [4.69, 9.17) is 0 Å². The van der Waals surface area contributed by atoms with Gasteiger partial charge in [-0.15, -0.1) is 0 Å². The van der Waals surface area contributed by atoms with Gasteiger partial charge in [-0.05, 0) is 49.2 Å². The molecule has 0 saturated carbocycles. The zero-order chi connectivity index (χ0) is 18.9. The van der Waals surface area contributed by atoms with Gasteiger partial charge >= 0.3 is 5.97 Å². The number of pyridine rings is 1. The van der Waals surface area contributed by atoms with Crippen molar-refractivity contribution in [2.75, 3.05) is 25.5 Å².